The molecule has 0 aliphatic carbocycles. The summed E-state index contributed by atoms with van der Waals surface area (Å²) in [6.07, 6.45) is -3.81. The van der Waals surface area contributed by atoms with Crippen LogP contribution in [0.1, 0.15) is 26.7 Å². The maximum atomic E-state index is 9.82. The van der Waals surface area contributed by atoms with Gasteiger partial charge < -0.3 is 29.8 Å². The van der Waals surface area contributed by atoms with Crippen LogP contribution in [0.2, 0.25) is 0 Å². The summed E-state index contributed by atoms with van der Waals surface area (Å²) in [4.78, 5) is 17.7. The van der Waals surface area contributed by atoms with E-state index in [0.717, 1.165) is 0 Å². The van der Waals surface area contributed by atoms with Crippen LogP contribution in [-0.2, 0) is 4.74 Å². The minimum absolute atomic E-state index is 0.119. The Balaban J connectivity index is 2.62. The first kappa shape index (κ1) is 16.2. The average molecular weight is 282 g/mol. The Hall–Kier alpha value is 0.190. The molecule has 1 rings (SSSR count). The lowest BCUT2D eigenvalue weighted by molar-refractivity contribution is -0.225. The van der Waals surface area contributed by atoms with Crippen LogP contribution >= 0.6 is 8.38 Å². The molecule has 5 atom stereocenters. The van der Waals surface area contributed by atoms with E-state index in [0.29, 0.717) is 12.3 Å². The average Bonchev–Trinajstić information content (AvgIpc) is 2.27. The van der Waals surface area contributed by atoms with Crippen molar-refractivity contribution in [2.24, 2.45) is 5.92 Å². The van der Waals surface area contributed by atoms with Gasteiger partial charge >= 0.3 is 0 Å². The van der Waals surface area contributed by atoms with Crippen molar-refractivity contribution >= 4 is 8.38 Å². The van der Waals surface area contributed by atoms with Gasteiger partial charge in [-0.2, -0.15) is 0 Å². The molecule has 0 aromatic rings. The monoisotopic (exact) mass is 282 g/mol. The summed E-state index contributed by atoms with van der Waals surface area (Å²) in [6.45, 7) is 3.95. The largest absolute Gasteiger partial charge is 0.388 e. The van der Waals surface area contributed by atoms with Crippen molar-refractivity contribution in [3.63, 3.8) is 0 Å². The second-order valence-corrected chi connectivity index (χ2v) is 6.39. The minimum atomic E-state index is -2.04. The Kier molecular flexibility index (Phi) is 6.41. The van der Waals surface area contributed by atoms with E-state index in [4.69, 9.17) is 14.5 Å². The van der Waals surface area contributed by atoms with Gasteiger partial charge in [0.05, 0.1) is 12.2 Å². The summed E-state index contributed by atoms with van der Waals surface area (Å²) in [6, 6.07) is 0. The van der Waals surface area contributed by atoms with Gasteiger partial charge in [0.2, 0.25) is 0 Å². The van der Waals surface area contributed by atoms with Crippen molar-refractivity contribution in [3.8, 4) is 0 Å². The second-order valence-electron chi connectivity index (χ2n) is 5.20. The van der Waals surface area contributed by atoms with Gasteiger partial charge in [0.15, 0.2) is 8.38 Å². The molecule has 0 aromatic carbocycles. The van der Waals surface area contributed by atoms with E-state index in [-0.39, 0.29) is 12.6 Å². The van der Waals surface area contributed by atoms with Gasteiger partial charge in [0.25, 0.3) is 0 Å². The maximum absolute atomic E-state index is 9.82. The van der Waals surface area contributed by atoms with Crippen LogP contribution in [-0.4, -0.2) is 61.8 Å². The summed E-state index contributed by atoms with van der Waals surface area (Å²) >= 11 is 0. The van der Waals surface area contributed by atoms with Crippen LogP contribution in [0.5, 0.6) is 0 Å². The van der Waals surface area contributed by atoms with Gasteiger partial charge in [0.1, 0.15) is 18.3 Å². The molecule has 7 heteroatoms. The zero-order chi connectivity index (χ0) is 13.9. The van der Waals surface area contributed by atoms with Crippen molar-refractivity contribution in [2.75, 3.05) is 6.16 Å². The summed E-state index contributed by atoms with van der Waals surface area (Å²) in [7, 11) is -2.04. The highest BCUT2D eigenvalue weighted by atomic mass is 31.2. The first-order chi connectivity index (χ1) is 8.32. The number of aliphatic hydroxyl groups excluding tert-OH is 3. The van der Waals surface area contributed by atoms with E-state index in [2.05, 4.69) is 0 Å². The molecule has 0 aromatic heterocycles. The topological polar surface area (TPSA) is 110 Å². The zero-order valence-electron chi connectivity index (χ0n) is 10.7. The molecule has 6 nitrogen and oxygen atoms in total. The molecule has 108 valence electrons. The van der Waals surface area contributed by atoms with Crippen molar-refractivity contribution in [2.45, 2.75) is 57.2 Å². The van der Waals surface area contributed by atoms with Crippen LogP contribution in [0, 0.1) is 5.92 Å². The lowest BCUT2D eigenvalue weighted by Gasteiger charge is -2.41. The van der Waals surface area contributed by atoms with Gasteiger partial charge in [-0.1, -0.05) is 13.8 Å². The molecule has 0 amide bonds. The first-order valence-corrected chi connectivity index (χ1v) is 7.61. The highest BCUT2D eigenvalue weighted by molar-refractivity contribution is 7.45. The predicted molar refractivity (Wildman–Crippen MR) is 67.0 cm³/mol. The van der Waals surface area contributed by atoms with Crippen molar-refractivity contribution in [3.05, 3.63) is 0 Å². The lowest BCUT2D eigenvalue weighted by Crippen LogP contribution is -2.57. The highest BCUT2D eigenvalue weighted by Crippen LogP contribution is 2.31. The van der Waals surface area contributed by atoms with Gasteiger partial charge in [-0.15, -0.1) is 0 Å². The van der Waals surface area contributed by atoms with E-state index in [1.165, 1.54) is 0 Å². The second kappa shape index (κ2) is 7.10. The molecule has 2 unspecified atom stereocenters. The quantitative estimate of drug-likeness (QED) is 0.438. The van der Waals surface area contributed by atoms with Crippen LogP contribution in [0.25, 0.3) is 0 Å². The Bertz CT molecular complexity index is 248. The fraction of sp³-hybridized carbons (Fsp3) is 1.00. The predicted octanol–water partition coefficient (Wildman–Crippen LogP) is -0.431. The summed E-state index contributed by atoms with van der Waals surface area (Å²) in [5, 5.41) is 29.4. The first-order valence-electron chi connectivity index (χ1n) is 6.18. The number of rotatable bonds is 5. The maximum Gasteiger partial charge on any atom is 0.165 e. The number of aliphatic hydroxyl groups is 3. The standard InChI is InChI=1S/C11H23O6P/c1-6(2)5-8-10(13)11(14)9(12)7(17-8)3-4-18(15)16/h6-16H,3-5H2,1-2H3/t7-,8-,9-,10?,11?/m1/s1. The number of hydrogen-bond donors (Lipinski definition) is 5. The molecule has 1 saturated heterocycles. The lowest BCUT2D eigenvalue weighted by atomic mass is 9.90. The Morgan fingerprint density at radius 1 is 1.00 bits per heavy atom. The van der Waals surface area contributed by atoms with Crippen LogP contribution in [0.3, 0.4) is 0 Å². The SMILES string of the molecule is CC(C)C[C@H]1O[C@H](CCP(O)O)[C@@H](O)C(O)C1O. The Labute approximate surface area is 108 Å². The van der Waals surface area contributed by atoms with Crippen LogP contribution < -0.4 is 0 Å². The third kappa shape index (κ3) is 4.38. The van der Waals surface area contributed by atoms with Crippen LogP contribution in [0.4, 0.5) is 0 Å². The third-order valence-corrected chi connectivity index (χ3v) is 3.79. The molecule has 5 N–H and O–H groups in total. The fourth-order valence-corrected chi connectivity index (χ4v) is 2.65. The Morgan fingerprint density at radius 3 is 2.06 bits per heavy atom. The number of hydrogen-bond acceptors (Lipinski definition) is 6. The highest BCUT2D eigenvalue weighted by Gasteiger charge is 2.43. The molecule has 1 aliphatic heterocycles. The third-order valence-electron chi connectivity index (χ3n) is 3.13. The van der Waals surface area contributed by atoms with E-state index >= 15 is 0 Å². The van der Waals surface area contributed by atoms with Gasteiger partial charge in [0, 0.05) is 6.16 Å². The van der Waals surface area contributed by atoms with E-state index in [1.54, 1.807) is 0 Å². The van der Waals surface area contributed by atoms with Gasteiger partial charge in [-0.05, 0) is 18.8 Å². The molecular weight excluding hydrogens is 259 g/mol. The molecule has 0 bridgehead atoms. The summed E-state index contributed by atoms with van der Waals surface area (Å²) < 4.78 is 5.57. The molecule has 0 saturated carbocycles. The molecule has 0 radical (unpaired) electrons. The van der Waals surface area contributed by atoms with Crippen molar-refractivity contribution in [1.82, 2.24) is 0 Å². The zero-order valence-corrected chi connectivity index (χ0v) is 11.6. The van der Waals surface area contributed by atoms with Crippen LogP contribution in [0.15, 0.2) is 0 Å². The molecule has 1 heterocycles. The fourth-order valence-electron chi connectivity index (χ4n) is 2.17. The molecule has 1 fully saturated rings. The molecular formula is C11H23O6P. The van der Waals surface area contributed by atoms with E-state index in [1.807, 2.05) is 13.8 Å². The smallest absolute Gasteiger partial charge is 0.165 e. The Morgan fingerprint density at radius 2 is 1.56 bits per heavy atom. The molecule has 1 aliphatic rings. The summed E-state index contributed by atoms with van der Waals surface area (Å²) in [5.41, 5.74) is 0. The normalized spacial score (nSPS) is 37.5. The van der Waals surface area contributed by atoms with E-state index < -0.39 is 38.9 Å². The molecule has 18 heavy (non-hydrogen) atoms. The minimum Gasteiger partial charge on any atom is -0.388 e. The molecule has 0 spiro atoms. The van der Waals surface area contributed by atoms with E-state index in [9.17, 15) is 15.3 Å². The van der Waals surface area contributed by atoms with Gasteiger partial charge in [-0.3, -0.25) is 0 Å². The number of ether oxygens (including phenoxy) is 1. The van der Waals surface area contributed by atoms with Crippen molar-refractivity contribution < 1.29 is 29.8 Å². The van der Waals surface area contributed by atoms with Gasteiger partial charge in [-0.25, -0.2) is 0 Å². The summed E-state index contributed by atoms with van der Waals surface area (Å²) in [5.74, 6) is 0.292. The van der Waals surface area contributed by atoms with Crippen molar-refractivity contribution in [1.29, 1.82) is 0 Å².